The van der Waals surface area contributed by atoms with Gasteiger partial charge in [-0.3, -0.25) is 14.4 Å². The lowest BCUT2D eigenvalue weighted by atomic mass is 9.70. The Morgan fingerprint density at radius 1 is 1.13 bits per heavy atom. The molecule has 1 aromatic rings. The number of methoxy groups -OCH3 is 1. The molecule has 9 nitrogen and oxygen atoms in total. The number of carbonyl (C=O) groups is 3. The minimum absolute atomic E-state index is 0.130. The third-order valence-electron chi connectivity index (χ3n) is 8.37. The summed E-state index contributed by atoms with van der Waals surface area (Å²) in [4.78, 5) is 47.0. The van der Waals surface area contributed by atoms with Crippen LogP contribution in [0.1, 0.15) is 38.5 Å². The number of anilines is 1. The Hall–Kier alpha value is -3.17. The molecule has 39 heavy (non-hydrogen) atoms. The van der Waals surface area contributed by atoms with E-state index in [-0.39, 0.29) is 30.9 Å². The normalized spacial score (nSPS) is 26.8. The van der Waals surface area contributed by atoms with Gasteiger partial charge in [0.15, 0.2) is 0 Å². The molecule has 4 rings (SSSR count). The molecular weight excluding hydrogens is 498 g/mol. The molecule has 1 N–H and O–H groups in total. The maximum absolute atomic E-state index is 14.5. The maximum Gasteiger partial charge on any atom is 0.253 e. The van der Waals surface area contributed by atoms with E-state index in [1.165, 1.54) is 0 Å². The van der Waals surface area contributed by atoms with Crippen LogP contribution in [0.5, 0.6) is 5.75 Å². The average Bonchev–Trinajstić information content (AvgIpc) is 3.58. The molecule has 212 valence electrons. The van der Waals surface area contributed by atoms with E-state index in [9.17, 15) is 14.4 Å². The van der Waals surface area contributed by atoms with Gasteiger partial charge in [0, 0.05) is 39.0 Å². The number of ether oxygens (including phenoxy) is 2. The summed E-state index contributed by atoms with van der Waals surface area (Å²) in [5.74, 6) is -1.22. The zero-order chi connectivity index (χ0) is 28.2. The summed E-state index contributed by atoms with van der Waals surface area (Å²) < 4.78 is 11.8. The van der Waals surface area contributed by atoms with Crippen molar-refractivity contribution in [3.63, 3.8) is 0 Å². The number of aliphatic hydroxyl groups is 1. The van der Waals surface area contributed by atoms with Crippen LogP contribution >= 0.6 is 0 Å². The Morgan fingerprint density at radius 2 is 1.82 bits per heavy atom. The molecule has 0 saturated carbocycles. The molecule has 1 aromatic carbocycles. The van der Waals surface area contributed by atoms with Gasteiger partial charge in [0.2, 0.25) is 11.8 Å². The van der Waals surface area contributed by atoms with Gasteiger partial charge in [-0.25, -0.2) is 0 Å². The van der Waals surface area contributed by atoms with E-state index in [2.05, 4.69) is 13.2 Å². The molecule has 3 fully saturated rings. The maximum atomic E-state index is 14.5. The molecule has 3 heterocycles. The SMILES string of the molecule is C=CCN(C)C(=O)[C@@H]1[C@H]2C(=O)N(CCCCCCO)C(C(=O)N(CC=C)c3ccc(OC)cc3)C23CC[C@H]1O3. The van der Waals surface area contributed by atoms with Crippen LogP contribution in [0.25, 0.3) is 0 Å². The van der Waals surface area contributed by atoms with E-state index in [0.29, 0.717) is 50.2 Å². The highest BCUT2D eigenvalue weighted by Crippen LogP contribution is 2.59. The number of aliphatic hydroxyl groups excluding tert-OH is 1. The van der Waals surface area contributed by atoms with Crippen LogP contribution in [0.2, 0.25) is 0 Å². The van der Waals surface area contributed by atoms with Crippen molar-refractivity contribution < 1.29 is 29.0 Å². The zero-order valence-electron chi connectivity index (χ0n) is 23.1. The number of nitrogens with zero attached hydrogens (tertiary/aromatic N) is 3. The molecule has 2 unspecified atom stereocenters. The summed E-state index contributed by atoms with van der Waals surface area (Å²) in [6.45, 7) is 8.74. The van der Waals surface area contributed by atoms with Crippen molar-refractivity contribution in [2.45, 2.75) is 56.3 Å². The van der Waals surface area contributed by atoms with Crippen molar-refractivity contribution in [2.24, 2.45) is 11.8 Å². The van der Waals surface area contributed by atoms with Crippen LogP contribution in [0, 0.1) is 11.8 Å². The van der Waals surface area contributed by atoms with E-state index in [0.717, 1.165) is 12.8 Å². The Morgan fingerprint density at radius 3 is 2.46 bits per heavy atom. The third kappa shape index (κ3) is 5.22. The summed E-state index contributed by atoms with van der Waals surface area (Å²) in [7, 11) is 3.29. The largest absolute Gasteiger partial charge is 0.497 e. The van der Waals surface area contributed by atoms with Crippen molar-refractivity contribution in [1.82, 2.24) is 9.80 Å². The van der Waals surface area contributed by atoms with Crippen LogP contribution in [-0.2, 0) is 19.1 Å². The molecule has 1 spiro atoms. The Kier molecular flexibility index (Phi) is 9.12. The molecule has 5 atom stereocenters. The number of unbranched alkanes of at least 4 members (excludes halogenated alkanes) is 3. The lowest BCUT2D eigenvalue weighted by Crippen LogP contribution is -2.56. The topological polar surface area (TPSA) is 99.6 Å². The first kappa shape index (κ1) is 28.8. The van der Waals surface area contributed by atoms with Crippen LogP contribution in [0.15, 0.2) is 49.6 Å². The van der Waals surface area contributed by atoms with Gasteiger partial charge in [-0.15, -0.1) is 13.2 Å². The number of likely N-dealkylation sites (N-methyl/N-ethyl adjacent to an activating group) is 1. The number of rotatable bonds is 14. The minimum Gasteiger partial charge on any atom is -0.497 e. The lowest BCUT2D eigenvalue weighted by molar-refractivity contribution is -0.144. The number of benzene rings is 1. The number of hydrogen-bond donors (Lipinski definition) is 1. The summed E-state index contributed by atoms with van der Waals surface area (Å²) in [6.07, 6.45) is 7.16. The quantitative estimate of drug-likeness (QED) is 0.288. The molecule has 0 aromatic heterocycles. The predicted molar refractivity (Wildman–Crippen MR) is 148 cm³/mol. The molecule has 0 radical (unpaired) electrons. The molecular formula is C30H41N3O6. The van der Waals surface area contributed by atoms with Crippen molar-refractivity contribution >= 4 is 23.4 Å². The van der Waals surface area contributed by atoms with E-state index in [1.807, 2.05) is 12.1 Å². The van der Waals surface area contributed by atoms with Gasteiger partial charge >= 0.3 is 0 Å². The standard InChI is InChI=1S/C30H41N3O6/c1-5-17-31(3)27(35)24-23-15-16-30(39-23)25(24)28(36)33(19-9-7-8-10-20-34)26(30)29(37)32(18-6-2)21-11-13-22(38-4)14-12-21/h5-6,11-14,23-26,34H,1-2,7-10,15-20H2,3-4H3/t23-,24+,25+,26?,30?/m1/s1. The Labute approximate surface area is 231 Å². The number of carbonyl (C=O) groups excluding carboxylic acids is 3. The van der Waals surface area contributed by atoms with Crippen molar-refractivity contribution in [1.29, 1.82) is 0 Å². The van der Waals surface area contributed by atoms with E-state index in [4.69, 9.17) is 14.6 Å². The molecule has 2 bridgehead atoms. The van der Waals surface area contributed by atoms with E-state index in [1.54, 1.807) is 53.1 Å². The van der Waals surface area contributed by atoms with Crippen molar-refractivity contribution in [2.75, 3.05) is 45.3 Å². The summed E-state index contributed by atoms with van der Waals surface area (Å²) >= 11 is 0. The highest BCUT2D eigenvalue weighted by atomic mass is 16.5. The Bertz CT molecular complexity index is 1070. The van der Waals surface area contributed by atoms with Gasteiger partial charge in [0.1, 0.15) is 17.4 Å². The first-order chi connectivity index (χ1) is 18.8. The first-order valence-corrected chi connectivity index (χ1v) is 13.9. The number of likely N-dealkylation sites (tertiary alicyclic amines) is 1. The zero-order valence-corrected chi connectivity index (χ0v) is 23.1. The monoisotopic (exact) mass is 539 g/mol. The smallest absolute Gasteiger partial charge is 0.253 e. The fourth-order valence-electron chi connectivity index (χ4n) is 6.60. The van der Waals surface area contributed by atoms with Gasteiger partial charge in [-0.1, -0.05) is 25.0 Å². The molecule has 3 aliphatic rings. The van der Waals surface area contributed by atoms with E-state index < -0.39 is 29.6 Å². The summed E-state index contributed by atoms with van der Waals surface area (Å²) in [6, 6.07) is 6.37. The summed E-state index contributed by atoms with van der Waals surface area (Å²) in [5.41, 5.74) is -0.382. The van der Waals surface area contributed by atoms with Crippen LogP contribution in [0.4, 0.5) is 5.69 Å². The molecule has 3 aliphatic heterocycles. The second-order valence-electron chi connectivity index (χ2n) is 10.7. The third-order valence-corrected chi connectivity index (χ3v) is 8.37. The van der Waals surface area contributed by atoms with Crippen LogP contribution in [-0.4, -0.2) is 90.8 Å². The fraction of sp³-hybridized carbons (Fsp3) is 0.567. The second kappa shape index (κ2) is 12.3. The predicted octanol–water partition coefficient (Wildman–Crippen LogP) is 2.79. The lowest BCUT2D eigenvalue weighted by Gasteiger charge is -2.37. The first-order valence-electron chi connectivity index (χ1n) is 13.9. The van der Waals surface area contributed by atoms with Crippen LogP contribution < -0.4 is 9.64 Å². The van der Waals surface area contributed by atoms with Gasteiger partial charge in [0.25, 0.3) is 5.91 Å². The second-order valence-corrected chi connectivity index (χ2v) is 10.7. The average molecular weight is 540 g/mol. The minimum atomic E-state index is -1.05. The van der Waals surface area contributed by atoms with E-state index >= 15 is 0 Å². The number of hydrogen-bond acceptors (Lipinski definition) is 6. The fourth-order valence-corrected chi connectivity index (χ4v) is 6.60. The highest BCUT2D eigenvalue weighted by molar-refractivity contribution is 6.05. The molecule has 9 heteroatoms. The van der Waals surface area contributed by atoms with Crippen molar-refractivity contribution in [3.05, 3.63) is 49.6 Å². The van der Waals surface area contributed by atoms with Gasteiger partial charge in [0.05, 0.1) is 25.0 Å². The molecule has 0 aliphatic carbocycles. The van der Waals surface area contributed by atoms with Gasteiger partial charge in [-0.05, 0) is 49.9 Å². The van der Waals surface area contributed by atoms with Crippen LogP contribution in [0.3, 0.4) is 0 Å². The van der Waals surface area contributed by atoms with Crippen molar-refractivity contribution in [3.8, 4) is 5.75 Å². The molecule has 3 amide bonds. The highest BCUT2D eigenvalue weighted by Gasteiger charge is 2.74. The van der Waals surface area contributed by atoms with Gasteiger partial charge < -0.3 is 29.3 Å². The number of fused-ring (bicyclic) bond motifs is 1. The number of amides is 3. The summed E-state index contributed by atoms with van der Waals surface area (Å²) in [5, 5.41) is 9.14. The molecule has 3 saturated heterocycles. The Balaban J connectivity index is 1.70. The van der Waals surface area contributed by atoms with Gasteiger partial charge in [-0.2, -0.15) is 0 Å².